The van der Waals surface area contributed by atoms with Crippen molar-refractivity contribution in [3.05, 3.63) is 0 Å². The number of nitrogens with one attached hydrogen (secondary N) is 2. The van der Waals surface area contributed by atoms with Crippen LogP contribution in [0.15, 0.2) is 0 Å². The molecule has 20 heavy (non-hydrogen) atoms. The maximum atomic E-state index is 12.0. The number of hydrogen-bond acceptors (Lipinski definition) is 4. The Labute approximate surface area is 124 Å². The van der Waals surface area contributed by atoms with Crippen molar-refractivity contribution in [3.63, 3.8) is 0 Å². The number of nitrogens with zero attached hydrogens (tertiary/aromatic N) is 1. The van der Waals surface area contributed by atoms with Crippen LogP contribution in [0.2, 0.25) is 0 Å². The van der Waals surface area contributed by atoms with Gasteiger partial charge in [-0.3, -0.25) is 0 Å². The molecule has 0 aliphatic carbocycles. The summed E-state index contributed by atoms with van der Waals surface area (Å²) in [7, 11) is -3.11. The van der Waals surface area contributed by atoms with Crippen molar-refractivity contribution >= 4 is 10.0 Å². The van der Waals surface area contributed by atoms with Gasteiger partial charge >= 0.3 is 0 Å². The quantitative estimate of drug-likeness (QED) is 0.595. The Kier molecular flexibility index (Phi) is 8.68. The number of unbranched alkanes of at least 4 members (excludes halogenated alkanes) is 1. The van der Waals surface area contributed by atoms with Crippen LogP contribution in [-0.2, 0) is 10.0 Å². The molecule has 1 fully saturated rings. The molecule has 2 N–H and O–H groups in total. The normalized spacial score (nSPS) is 21.2. The predicted molar refractivity (Wildman–Crippen MR) is 84.5 cm³/mol. The summed E-state index contributed by atoms with van der Waals surface area (Å²) in [6, 6.07) is 0.104. The lowest BCUT2D eigenvalue weighted by Gasteiger charge is -2.32. The van der Waals surface area contributed by atoms with E-state index in [0.29, 0.717) is 0 Å². The molecule has 1 aliphatic rings. The molecule has 1 saturated heterocycles. The smallest absolute Gasteiger partial charge is 0.211 e. The van der Waals surface area contributed by atoms with Crippen LogP contribution in [0.25, 0.3) is 0 Å². The molecule has 0 aromatic heterocycles. The van der Waals surface area contributed by atoms with Gasteiger partial charge in [0.15, 0.2) is 0 Å². The van der Waals surface area contributed by atoms with Crippen LogP contribution in [0.3, 0.4) is 0 Å². The standard InChI is InChI=1S/C14H31N3O2S/c1-3-9-15-10-5-6-12-20(18,19)16-14-8-7-11-17(4-2)13-14/h14-16H,3-13H2,1-2H3. The van der Waals surface area contributed by atoms with Gasteiger partial charge < -0.3 is 10.2 Å². The fraction of sp³-hybridized carbons (Fsp3) is 1.00. The second-order valence-electron chi connectivity index (χ2n) is 5.63. The van der Waals surface area contributed by atoms with Gasteiger partial charge in [-0.15, -0.1) is 0 Å². The predicted octanol–water partition coefficient (Wildman–Crippen LogP) is 1.17. The van der Waals surface area contributed by atoms with E-state index in [9.17, 15) is 8.42 Å². The van der Waals surface area contributed by atoms with E-state index in [4.69, 9.17) is 0 Å². The Morgan fingerprint density at radius 3 is 2.70 bits per heavy atom. The molecule has 0 bridgehead atoms. The zero-order valence-electron chi connectivity index (χ0n) is 13.0. The third kappa shape index (κ3) is 7.57. The topological polar surface area (TPSA) is 61.4 Å². The van der Waals surface area contributed by atoms with E-state index >= 15 is 0 Å². The monoisotopic (exact) mass is 305 g/mol. The Bertz CT molecular complexity index is 346. The molecule has 0 aromatic rings. The van der Waals surface area contributed by atoms with Crippen LogP contribution < -0.4 is 10.0 Å². The number of piperidine rings is 1. The number of likely N-dealkylation sites (N-methyl/N-ethyl adjacent to an activating group) is 1. The SMILES string of the molecule is CCCNCCCCS(=O)(=O)NC1CCCN(CC)C1. The lowest BCUT2D eigenvalue weighted by atomic mass is 10.1. The largest absolute Gasteiger partial charge is 0.317 e. The first-order valence-electron chi connectivity index (χ1n) is 8.00. The minimum atomic E-state index is -3.11. The lowest BCUT2D eigenvalue weighted by Crippen LogP contribution is -2.48. The van der Waals surface area contributed by atoms with Gasteiger partial charge in [-0.2, -0.15) is 0 Å². The average molecular weight is 305 g/mol. The van der Waals surface area contributed by atoms with Crippen molar-refractivity contribution in [1.82, 2.24) is 14.9 Å². The number of likely N-dealkylation sites (tertiary alicyclic amines) is 1. The van der Waals surface area contributed by atoms with Gasteiger partial charge in [-0.25, -0.2) is 13.1 Å². The van der Waals surface area contributed by atoms with Crippen molar-refractivity contribution in [2.24, 2.45) is 0 Å². The second kappa shape index (κ2) is 9.71. The Morgan fingerprint density at radius 1 is 1.20 bits per heavy atom. The first-order valence-corrected chi connectivity index (χ1v) is 9.65. The van der Waals surface area contributed by atoms with E-state index in [-0.39, 0.29) is 11.8 Å². The molecular formula is C14H31N3O2S. The Morgan fingerprint density at radius 2 is 2.00 bits per heavy atom. The van der Waals surface area contributed by atoms with E-state index in [1.165, 1.54) is 0 Å². The molecule has 1 atom stereocenters. The van der Waals surface area contributed by atoms with Crippen LogP contribution in [0, 0.1) is 0 Å². The Balaban J connectivity index is 2.20. The zero-order valence-corrected chi connectivity index (χ0v) is 13.8. The molecular weight excluding hydrogens is 274 g/mol. The third-order valence-electron chi connectivity index (χ3n) is 3.74. The molecule has 1 rings (SSSR count). The fourth-order valence-corrected chi connectivity index (χ4v) is 4.00. The summed E-state index contributed by atoms with van der Waals surface area (Å²) in [6.45, 7) is 9.13. The van der Waals surface area contributed by atoms with E-state index in [2.05, 4.69) is 28.8 Å². The van der Waals surface area contributed by atoms with Gasteiger partial charge in [0.05, 0.1) is 5.75 Å². The van der Waals surface area contributed by atoms with Crippen molar-refractivity contribution in [2.75, 3.05) is 38.5 Å². The molecule has 6 heteroatoms. The minimum absolute atomic E-state index is 0.104. The van der Waals surface area contributed by atoms with Gasteiger partial charge in [-0.1, -0.05) is 13.8 Å². The minimum Gasteiger partial charge on any atom is -0.317 e. The molecule has 1 heterocycles. The fourth-order valence-electron chi connectivity index (χ4n) is 2.60. The van der Waals surface area contributed by atoms with Gasteiger partial charge in [0.2, 0.25) is 10.0 Å². The second-order valence-corrected chi connectivity index (χ2v) is 7.50. The molecule has 5 nitrogen and oxygen atoms in total. The van der Waals surface area contributed by atoms with Gasteiger partial charge in [0, 0.05) is 12.6 Å². The van der Waals surface area contributed by atoms with Crippen molar-refractivity contribution < 1.29 is 8.42 Å². The molecule has 0 saturated carbocycles. The summed E-state index contributed by atoms with van der Waals surface area (Å²) in [6.07, 6.45) is 4.83. The number of hydrogen-bond donors (Lipinski definition) is 2. The molecule has 0 aromatic carbocycles. The summed E-state index contributed by atoms with van der Waals surface area (Å²) < 4.78 is 26.9. The third-order valence-corrected chi connectivity index (χ3v) is 5.26. The summed E-state index contributed by atoms with van der Waals surface area (Å²) in [5, 5.41) is 3.29. The summed E-state index contributed by atoms with van der Waals surface area (Å²) >= 11 is 0. The maximum Gasteiger partial charge on any atom is 0.211 e. The van der Waals surface area contributed by atoms with Crippen molar-refractivity contribution in [2.45, 2.75) is 52.0 Å². The van der Waals surface area contributed by atoms with Crippen LogP contribution in [0.5, 0.6) is 0 Å². The first-order chi connectivity index (χ1) is 9.57. The zero-order chi connectivity index (χ0) is 14.8. The van der Waals surface area contributed by atoms with Gasteiger partial charge in [0.1, 0.15) is 0 Å². The van der Waals surface area contributed by atoms with E-state index in [1.807, 2.05) is 0 Å². The summed E-state index contributed by atoms with van der Waals surface area (Å²) in [4.78, 5) is 2.31. The van der Waals surface area contributed by atoms with E-state index in [0.717, 1.165) is 64.8 Å². The molecule has 0 radical (unpaired) electrons. The van der Waals surface area contributed by atoms with Crippen molar-refractivity contribution in [1.29, 1.82) is 0 Å². The first kappa shape index (κ1) is 17.9. The van der Waals surface area contributed by atoms with E-state index < -0.39 is 10.0 Å². The molecule has 1 unspecified atom stereocenters. The van der Waals surface area contributed by atoms with Crippen molar-refractivity contribution in [3.8, 4) is 0 Å². The highest BCUT2D eigenvalue weighted by Gasteiger charge is 2.22. The van der Waals surface area contributed by atoms with Crippen LogP contribution in [-0.4, -0.2) is 57.8 Å². The maximum absolute atomic E-state index is 12.0. The van der Waals surface area contributed by atoms with Gasteiger partial charge in [-0.05, 0) is 58.3 Å². The molecule has 120 valence electrons. The number of rotatable bonds is 10. The molecule has 0 spiro atoms. The summed E-state index contributed by atoms with van der Waals surface area (Å²) in [5.41, 5.74) is 0. The lowest BCUT2D eigenvalue weighted by molar-refractivity contribution is 0.211. The highest BCUT2D eigenvalue weighted by molar-refractivity contribution is 7.89. The number of sulfonamides is 1. The molecule has 1 aliphatic heterocycles. The van der Waals surface area contributed by atoms with E-state index in [1.54, 1.807) is 0 Å². The van der Waals surface area contributed by atoms with Crippen LogP contribution in [0.1, 0.15) is 46.0 Å². The highest BCUT2D eigenvalue weighted by atomic mass is 32.2. The summed E-state index contributed by atoms with van der Waals surface area (Å²) in [5.74, 6) is 0.253. The van der Waals surface area contributed by atoms with Crippen LogP contribution in [0.4, 0.5) is 0 Å². The molecule has 0 amide bonds. The average Bonchev–Trinajstić information content (AvgIpc) is 2.42. The van der Waals surface area contributed by atoms with Crippen LogP contribution >= 0.6 is 0 Å². The Hall–Kier alpha value is -0.170. The highest BCUT2D eigenvalue weighted by Crippen LogP contribution is 2.10. The van der Waals surface area contributed by atoms with Gasteiger partial charge in [0.25, 0.3) is 0 Å².